The Morgan fingerprint density at radius 2 is 1.65 bits per heavy atom. The smallest absolute Gasteiger partial charge is 0.368 e. The topological polar surface area (TPSA) is 47.3 Å². The first-order valence-electron chi connectivity index (χ1n) is 10.8. The number of nitriles is 1. The van der Waals surface area contributed by atoms with Crippen molar-refractivity contribution in [2.45, 2.75) is 16.8 Å². The Kier molecular flexibility index (Phi) is 7.13. The molecule has 0 atom stereocenters. The zero-order valence-corrected chi connectivity index (χ0v) is 19.1. The Hall–Kier alpha value is -3.44. The van der Waals surface area contributed by atoms with Crippen molar-refractivity contribution < 1.29 is 18.0 Å². The fourth-order valence-corrected chi connectivity index (χ4v) is 4.82. The molecule has 1 saturated heterocycles. The predicted molar refractivity (Wildman–Crippen MR) is 127 cm³/mol. The third kappa shape index (κ3) is 5.54. The summed E-state index contributed by atoms with van der Waals surface area (Å²) in [4.78, 5) is 17.8. The third-order valence-electron chi connectivity index (χ3n) is 5.70. The van der Waals surface area contributed by atoms with Gasteiger partial charge in [-0.1, -0.05) is 30.3 Å². The second-order valence-corrected chi connectivity index (χ2v) is 8.94. The molecule has 0 aromatic heterocycles. The van der Waals surface area contributed by atoms with Gasteiger partial charge < -0.3 is 9.80 Å². The maximum Gasteiger partial charge on any atom is 0.416 e. The van der Waals surface area contributed by atoms with E-state index in [0.717, 1.165) is 22.6 Å². The minimum absolute atomic E-state index is 0.0772. The van der Waals surface area contributed by atoms with Gasteiger partial charge in [-0.25, -0.2) is 0 Å². The van der Waals surface area contributed by atoms with Gasteiger partial charge in [-0.3, -0.25) is 4.79 Å². The molecule has 0 radical (unpaired) electrons. The van der Waals surface area contributed by atoms with Crippen LogP contribution in [0.15, 0.2) is 77.7 Å². The number of rotatable bonds is 5. The van der Waals surface area contributed by atoms with Gasteiger partial charge in [-0.05, 0) is 48.0 Å². The fraction of sp³-hybridized carbons (Fsp3) is 0.231. The number of halogens is 3. The van der Waals surface area contributed by atoms with Crippen LogP contribution in [0.5, 0.6) is 0 Å². The summed E-state index contributed by atoms with van der Waals surface area (Å²) < 4.78 is 39.1. The summed E-state index contributed by atoms with van der Waals surface area (Å²) in [6.45, 7) is 1.80. The van der Waals surface area contributed by atoms with Crippen LogP contribution in [-0.4, -0.2) is 37.0 Å². The Morgan fingerprint density at radius 3 is 2.32 bits per heavy atom. The largest absolute Gasteiger partial charge is 0.416 e. The monoisotopic (exact) mass is 481 g/mol. The van der Waals surface area contributed by atoms with E-state index in [4.69, 9.17) is 5.26 Å². The van der Waals surface area contributed by atoms with E-state index in [1.807, 2.05) is 41.3 Å². The summed E-state index contributed by atoms with van der Waals surface area (Å²) >= 11 is 1.56. The van der Waals surface area contributed by atoms with Crippen molar-refractivity contribution in [1.82, 2.24) is 4.90 Å². The summed E-state index contributed by atoms with van der Waals surface area (Å²) in [6, 6.07) is 22.2. The molecule has 0 N–H and O–H groups in total. The van der Waals surface area contributed by atoms with Gasteiger partial charge in [0.1, 0.15) is 0 Å². The number of carbonyl (C=O) groups is 1. The van der Waals surface area contributed by atoms with Crippen LogP contribution in [0.1, 0.15) is 27.0 Å². The summed E-state index contributed by atoms with van der Waals surface area (Å²) in [5, 5.41) is 8.94. The maximum absolute atomic E-state index is 13.3. The first-order chi connectivity index (χ1) is 16.3. The molecule has 1 amide bonds. The molecule has 3 aromatic rings. The van der Waals surface area contributed by atoms with Gasteiger partial charge >= 0.3 is 6.18 Å². The van der Waals surface area contributed by atoms with Crippen molar-refractivity contribution in [2.75, 3.05) is 31.1 Å². The second-order valence-electron chi connectivity index (χ2n) is 7.92. The standard InChI is InChI=1S/C26H22F3N3OS/c27-26(28,29)21-4-3-5-22(16-21)31-12-14-32(15-13-31)25(33)23-6-1-2-7-24(23)34-18-20-10-8-19(17-30)9-11-20/h1-11,16H,12-15,18H2. The highest BCUT2D eigenvalue weighted by atomic mass is 32.2. The van der Waals surface area contributed by atoms with E-state index in [1.165, 1.54) is 6.07 Å². The lowest BCUT2D eigenvalue weighted by Gasteiger charge is -2.36. The molecule has 1 heterocycles. The Morgan fingerprint density at radius 1 is 0.941 bits per heavy atom. The lowest BCUT2D eigenvalue weighted by Crippen LogP contribution is -2.49. The lowest BCUT2D eigenvalue weighted by molar-refractivity contribution is -0.137. The Balaban J connectivity index is 1.40. The zero-order valence-electron chi connectivity index (χ0n) is 18.3. The molecule has 4 rings (SSSR count). The van der Waals surface area contributed by atoms with Crippen LogP contribution < -0.4 is 4.90 Å². The number of nitrogens with zero attached hydrogens (tertiary/aromatic N) is 3. The summed E-state index contributed by atoms with van der Waals surface area (Å²) in [5.41, 5.74) is 2.13. The molecule has 1 fully saturated rings. The quantitative estimate of drug-likeness (QED) is 0.430. The molecule has 0 unspecified atom stereocenters. The van der Waals surface area contributed by atoms with Crippen LogP contribution >= 0.6 is 11.8 Å². The molecular weight excluding hydrogens is 459 g/mol. The number of hydrogen-bond donors (Lipinski definition) is 0. The molecule has 1 aliphatic rings. The highest BCUT2D eigenvalue weighted by Gasteiger charge is 2.31. The number of alkyl halides is 3. The van der Waals surface area contributed by atoms with Gasteiger partial charge in [0.2, 0.25) is 0 Å². The average molecular weight is 482 g/mol. The fourth-order valence-electron chi connectivity index (χ4n) is 3.82. The first-order valence-corrected chi connectivity index (χ1v) is 11.8. The molecule has 0 spiro atoms. The molecule has 1 aliphatic heterocycles. The molecule has 34 heavy (non-hydrogen) atoms. The van der Waals surface area contributed by atoms with Crippen LogP contribution in [0, 0.1) is 11.3 Å². The molecule has 0 saturated carbocycles. The highest BCUT2D eigenvalue weighted by Crippen LogP contribution is 2.32. The molecule has 8 heteroatoms. The number of hydrogen-bond acceptors (Lipinski definition) is 4. The Bertz CT molecular complexity index is 1200. The van der Waals surface area contributed by atoms with Crippen molar-refractivity contribution in [3.8, 4) is 6.07 Å². The number of piperazine rings is 1. The third-order valence-corrected chi connectivity index (χ3v) is 6.85. The molecule has 3 aromatic carbocycles. The van der Waals surface area contributed by atoms with Gasteiger partial charge in [0.05, 0.1) is 22.8 Å². The molecule has 0 aliphatic carbocycles. The van der Waals surface area contributed by atoms with Gasteiger partial charge in [0, 0.05) is 42.5 Å². The van der Waals surface area contributed by atoms with E-state index in [2.05, 4.69) is 6.07 Å². The number of anilines is 1. The van der Waals surface area contributed by atoms with Crippen molar-refractivity contribution in [3.63, 3.8) is 0 Å². The summed E-state index contributed by atoms with van der Waals surface area (Å²) in [5.74, 6) is 0.589. The normalized spacial score (nSPS) is 14.1. The van der Waals surface area contributed by atoms with E-state index in [1.54, 1.807) is 34.9 Å². The van der Waals surface area contributed by atoms with E-state index >= 15 is 0 Å². The van der Waals surface area contributed by atoms with Crippen LogP contribution in [0.3, 0.4) is 0 Å². The average Bonchev–Trinajstić information content (AvgIpc) is 2.87. The molecular formula is C26H22F3N3OS. The highest BCUT2D eigenvalue weighted by molar-refractivity contribution is 7.98. The van der Waals surface area contributed by atoms with E-state index in [0.29, 0.717) is 48.7 Å². The van der Waals surface area contributed by atoms with E-state index in [9.17, 15) is 18.0 Å². The minimum atomic E-state index is -4.38. The van der Waals surface area contributed by atoms with Gasteiger partial charge in [0.15, 0.2) is 0 Å². The minimum Gasteiger partial charge on any atom is -0.368 e. The van der Waals surface area contributed by atoms with Crippen LogP contribution in [-0.2, 0) is 11.9 Å². The lowest BCUT2D eigenvalue weighted by atomic mass is 10.1. The van der Waals surface area contributed by atoms with Crippen molar-refractivity contribution >= 4 is 23.4 Å². The van der Waals surface area contributed by atoms with Gasteiger partial charge in [-0.2, -0.15) is 18.4 Å². The summed E-state index contributed by atoms with van der Waals surface area (Å²) in [6.07, 6.45) is -4.38. The second kappa shape index (κ2) is 10.2. The SMILES string of the molecule is N#Cc1ccc(CSc2ccccc2C(=O)N2CCN(c3cccc(C(F)(F)F)c3)CC2)cc1. The molecule has 0 bridgehead atoms. The number of benzene rings is 3. The predicted octanol–water partition coefficient (Wildman–Crippen LogP) is 5.83. The van der Waals surface area contributed by atoms with Gasteiger partial charge in [0.25, 0.3) is 5.91 Å². The zero-order chi connectivity index (χ0) is 24.1. The molecule has 4 nitrogen and oxygen atoms in total. The van der Waals surface area contributed by atoms with E-state index in [-0.39, 0.29) is 5.91 Å². The van der Waals surface area contributed by atoms with Crippen LogP contribution in [0.4, 0.5) is 18.9 Å². The van der Waals surface area contributed by atoms with Crippen molar-refractivity contribution in [2.24, 2.45) is 0 Å². The summed E-state index contributed by atoms with van der Waals surface area (Å²) in [7, 11) is 0. The molecule has 174 valence electrons. The van der Waals surface area contributed by atoms with Crippen LogP contribution in [0.2, 0.25) is 0 Å². The first kappa shape index (κ1) is 23.7. The van der Waals surface area contributed by atoms with Gasteiger partial charge in [-0.15, -0.1) is 11.8 Å². The van der Waals surface area contributed by atoms with Crippen molar-refractivity contribution in [3.05, 3.63) is 95.1 Å². The Labute approximate surface area is 200 Å². The number of amides is 1. The van der Waals surface area contributed by atoms with Crippen molar-refractivity contribution in [1.29, 1.82) is 5.26 Å². The number of thioether (sulfide) groups is 1. The van der Waals surface area contributed by atoms with Crippen LogP contribution in [0.25, 0.3) is 0 Å². The van der Waals surface area contributed by atoms with E-state index < -0.39 is 11.7 Å². The number of carbonyl (C=O) groups excluding carboxylic acids is 1. The maximum atomic E-state index is 13.3.